The van der Waals surface area contributed by atoms with Gasteiger partial charge in [0.2, 0.25) is 5.91 Å². The molecule has 0 radical (unpaired) electrons. The molecule has 0 bridgehead atoms. The Hall–Kier alpha value is -1.22. The van der Waals surface area contributed by atoms with E-state index in [1.165, 1.54) is 0 Å². The molecule has 0 fully saturated rings. The van der Waals surface area contributed by atoms with Crippen LogP contribution in [0.15, 0.2) is 24.3 Å². The summed E-state index contributed by atoms with van der Waals surface area (Å²) in [5.41, 5.74) is 0.660. The minimum atomic E-state index is 0.00833. The molecule has 0 atom stereocenters. The van der Waals surface area contributed by atoms with E-state index in [9.17, 15) is 9.90 Å². The molecular formula is C13H18ClNO2. The van der Waals surface area contributed by atoms with Crippen LogP contribution in [0.2, 0.25) is 0 Å². The standard InChI is InChI=1S/C13H18ClNO2/c1-2-8-15(9-7-14)13(17)10-11-5-3-4-6-12(11)16/h3-6,16H,2,7-10H2,1H3. The van der Waals surface area contributed by atoms with Gasteiger partial charge >= 0.3 is 0 Å². The van der Waals surface area contributed by atoms with E-state index in [-0.39, 0.29) is 18.1 Å². The third-order valence-electron chi connectivity index (χ3n) is 2.53. The van der Waals surface area contributed by atoms with E-state index < -0.39 is 0 Å². The molecule has 17 heavy (non-hydrogen) atoms. The number of nitrogens with zero attached hydrogens (tertiary/aromatic N) is 1. The Balaban J connectivity index is 2.66. The Morgan fingerprint density at radius 1 is 1.35 bits per heavy atom. The van der Waals surface area contributed by atoms with E-state index in [0.29, 0.717) is 24.5 Å². The van der Waals surface area contributed by atoms with Gasteiger partial charge in [-0.1, -0.05) is 25.1 Å². The number of carbonyl (C=O) groups is 1. The maximum absolute atomic E-state index is 12.0. The zero-order valence-corrected chi connectivity index (χ0v) is 10.8. The van der Waals surface area contributed by atoms with E-state index >= 15 is 0 Å². The highest BCUT2D eigenvalue weighted by molar-refractivity contribution is 6.18. The van der Waals surface area contributed by atoms with E-state index in [0.717, 1.165) is 6.42 Å². The number of rotatable bonds is 6. The second-order valence-corrected chi connectivity index (χ2v) is 4.25. The quantitative estimate of drug-likeness (QED) is 0.793. The van der Waals surface area contributed by atoms with Gasteiger partial charge < -0.3 is 10.0 Å². The van der Waals surface area contributed by atoms with Crippen molar-refractivity contribution in [2.24, 2.45) is 0 Å². The lowest BCUT2D eigenvalue weighted by molar-refractivity contribution is -0.130. The highest BCUT2D eigenvalue weighted by atomic mass is 35.5. The number of hydrogen-bond donors (Lipinski definition) is 1. The lowest BCUT2D eigenvalue weighted by Gasteiger charge is -2.21. The first kappa shape index (κ1) is 13.8. The predicted octanol–water partition coefficient (Wildman–Crippen LogP) is 2.41. The molecule has 0 aliphatic heterocycles. The summed E-state index contributed by atoms with van der Waals surface area (Å²) in [6, 6.07) is 6.91. The highest BCUT2D eigenvalue weighted by Gasteiger charge is 2.14. The van der Waals surface area contributed by atoms with Gasteiger partial charge in [0.05, 0.1) is 6.42 Å². The van der Waals surface area contributed by atoms with Crippen molar-refractivity contribution in [3.05, 3.63) is 29.8 Å². The molecule has 4 heteroatoms. The summed E-state index contributed by atoms with van der Waals surface area (Å²) in [5.74, 6) is 0.615. The van der Waals surface area contributed by atoms with E-state index in [1.54, 1.807) is 23.1 Å². The molecule has 0 spiro atoms. The van der Waals surface area contributed by atoms with E-state index in [1.807, 2.05) is 13.0 Å². The van der Waals surface area contributed by atoms with Crippen LogP contribution in [0.4, 0.5) is 0 Å². The van der Waals surface area contributed by atoms with Crippen LogP contribution in [0.5, 0.6) is 5.75 Å². The van der Waals surface area contributed by atoms with Crippen LogP contribution in [0.25, 0.3) is 0 Å². The van der Waals surface area contributed by atoms with Crippen molar-refractivity contribution >= 4 is 17.5 Å². The molecule has 94 valence electrons. The van der Waals surface area contributed by atoms with Gasteiger partial charge in [-0.2, -0.15) is 0 Å². The first-order valence-electron chi connectivity index (χ1n) is 5.79. The molecule has 1 aromatic carbocycles. The van der Waals surface area contributed by atoms with Crippen molar-refractivity contribution in [2.75, 3.05) is 19.0 Å². The predicted molar refractivity (Wildman–Crippen MR) is 69.4 cm³/mol. The number of carbonyl (C=O) groups excluding carboxylic acids is 1. The summed E-state index contributed by atoms with van der Waals surface area (Å²) >= 11 is 5.67. The van der Waals surface area contributed by atoms with E-state index in [4.69, 9.17) is 11.6 Å². The Morgan fingerprint density at radius 3 is 2.65 bits per heavy atom. The summed E-state index contributed by atoms with van der Waals surface area (Å²) in [7, 11) is 0. The normalized spacial score (nSPS) is 10.2. The van der Waals surface area contributed by atoms with Crippen molar-refractivity contribution < 1.29 is 9.90 Å². The Labute approximate surface area is 107 Å². The molecule has 0 unspecified atom stereocenters. The van der Waals surface area contributed by atoms with Crippen molar-refractivity contribution in [3.63, 3.8) is 0 Å². The first-order valence-corrected chi connectivity index (χ1v) is 6.33. The summed E-state index contributed by atoms with van der Waals surface area (Å²) < 4.78 is 0. The topological polar surface area (TPSA) is 40.5 Å². The van der Waals surface area contributed by atoms with Gasteiger partial charge in [-0.05, 0) is 12.5 Å². The zero-order chi connectivity index (χ0) is 12.7. The third kappa shape index (κ3) is 4.27. The van der Waals surface area contributed by atoms with Crippen LogP contribution in [-0.2, 0) is 11.2 Å². The minimum Gasteiger partial charge on any atom is -0.508 e. The second kappa shape index (κ2) is 7.17. The van der Waals surface area contributed by atoms with Crippen molar-refractivity contribution in [3.8, 4) is 5.75 Å². The van der Waals surface area contributed by atoms with Crippen LogP contribution < -0.4 is 0 Å². The maximum atomic E-state index is 12.0. The average molecular weight is 256 g/mol. The van der Waals surface area contributed by atoms with Gasteiger partial charge in [0.25, 0.3) is 0 Å². The van der Waals surface area contributed by atoms with Gasteiger partial charge in [-0.3, -0.25) is 4.79 Å². The second-order valence-electron chi connectivity index (χ2n) is 3.88. The number of phenols is 1. The molecule has 0 saturated heterocycles. The lowest BCUT2D eigenvalue weighted by Crippen LogP contribution is -2.34. The maximum Gasteiger partial charge on any atom is 0.227 e. The molecule has 0 saturated carbocycles. The number of hydrogen-bond acceptors (Lipinski definition) is 2. The first-order chi connectivity index (χ1) is 8.19. The summed E-state index contributed by atoms with van der Waals surface area (Å²) in [4.78, 5) is 13.7. The fraction of sp³-hybridized carbons (Fsp3) is 0.462. The Morgan fingerprint density at radius 2 is 2.06 bits per heavy atom. The van der Waals surface area contributed by atoms with Crippen molar-refractivity contribution in [1.29, 1.82) is 0 Å². The molecule has 0 aromatic heterocycles. The molecule has 1 rings (SSSR count). The zero-order valence-electron chi connectivity index (χ0n) is 10.0. The van der Waals surface area contributed by atoms with Gasteiger partial charge in [0.15, 0.2) is 0 Å². The van der Waals surface area contributed by atoms with Crippen LogP contribution >= 0.6 is 11.6 Å². The van der Waals surface area contributed by atoms with Crippen LogP contribution in [0.1, 0.15) is 18.9 Å². The molecule has 0 aliphatic carbocycles. The number of para-hydroxylation sites is 1. The molecule has 0 heterocycles. The molecule has 0 aliphatic rings. The summed E-state index contributed by atoms with van der Waals surface area (Å²) in [6.07, 6.45) is 1.13. The monoisotopic (exact) mass is 255 g/mol. The number of alkyl halides is 1. The van der Waals surface area contributed by atoms with Gasteiger partial charge in [0.1, 0.15) is 5.75 Å². The smallest absolute Gasteiger partial charge is 0.227 e. The van der Waals surface area contributed by atoms with Crippen molar-refractivity contribution in [1.82, 2.24) is 4.90 Å². The fourth-order valence-electron chi connectivity index (χ4n) is 1.67. The Bertz CT molecular complexity index is 362. The molecular weight excluding hydrogens is 238 g/mol. The largest absolute Gasteiger partial charge is 0.508 e. The molecule has 1 amide bonds. The molecule has 3 nitrogen and oxygen atoms in total. The van der Waals surface area contributed by atoms with Crippen LogP contribution in [0.3, 0.4) is 0 Å². The summed E-state index contributed by atoms with van der Waals surface area (Å²) in [6.45, 7) is 3.29. The van der Waals surface area contributed by atoms with Crippen LogP contribution in [-0.4, -0.2) is 34.9 Å². The number of phenolic OH excluding ortho intramolecular Hbond substituents is 1. The highest BCUT2D eigenvalue weighted by Crippen LogP contribution is 2.16. The minimum absolute atomic E-state index is 0.00833. The third-order valence-corrected chi connectivity index (χ3v) is 2.70. The SMILES string of the molecule is CCCN(CCCl)C(=O)Cc1ccccc1O. The number of benzene rings is 1. The van der Waals surface area contributed by atoms with E-state index in [2.05, 4.69) is 0 Å². The summed E-state index contributed by atoms with van der Waals surface area (Å²) in [5, 5.41) is 9.60. The molecule has 1 N–H and O–H groups in total. The van der Waals surface area contributed by atoms with Crippen LogP contribution in [0, 0.1) is 0 Å². The Kier molecular flexibility index (Phi) is 5.84. The lowest BCUT2D eigenvalue weighted by atomic mass is 10.1. The number of halogens is 1. The van der Waals surface area contributed by atoms with Crippen molar-refractivity contribution in [2.45, 2.75) is 19.8 Å². The fourth-order valence-corrected chi connectivity index (χ4v) is 1.87. The average Bonchev–Trinajstić information content (AvgIpc) is 2.32. The van der Waals surface area contributed by atoms with Gasteiger partial charge in [-0.15, -0.1) is 11.6 Å². The number of amides is 1. The number of aromatic hydroxyl groups is 1. The molecule has 1 aromatic rings. The van der Waals surface area contributed by atoms with Gasteiger partial charge in [0, 0.05) is 24.5 Å². The van der Waals surface area contributed by atoms with Gasteiger partial charge in [-0.25, -0.2) is 0 Å².